The van der Waals surface area contributed by atoms with Crippen molar-refractivity contribution in [1.82, 2.24) is 0 Å². The number of rotatable bonds is 3. The highest BCUT2D eigenvalue weighted by atomic mass is 35.5. The molecule has 0 atom stereocenters. The van der Waals surface area contributed by atoms with E-state index in [4.69, 9.17) is 11.6 Å². The average molecular weight is 209 g/mol. The predicted molar refractivity (Wildman–Crippen MR) is 60.1 cm³/mol. The molecule has 1 aromatic rings. The topological polar surface area (TPSA) is 17.1 Å². The summed E-state index contributed by atoms with van der Waals surface area (Å²) in [5.74, 6) is 0.0475. The third kappa shape index (κ3) is 3.00. The van der Waals surface area contributed by atoms with Crippen molar-refractivity contribution in [2.75, 3.05) is 0 Å². The van der Waals surface area contributed by atoms with Crippen LogP contribution in [0.4, 0.5) is 0 Å². The molecule has 0 amide bonds. The molecule has 0 aliphatic rings. The average Bonchev–Trinajstić information content (AvgIpc) is 2.19. The molecule has 74 valence electrons. The number of hydrogen-bond donors (Lipinski definition) is 0. The van der Waals surface area contributed by atoms with Gasteiger partial charge in [-0.1, -0.05) is 55.8 Å². The summed E-state index contributed by atoms with van der Waals surface area (Å²) < 4.78 is 0. The Morgan fingerprint density at radius 1 is 1.29 bits per heavy atom. The van der Waals surface area contributed by atoms with E-state index in [2.05, 4.69) is 0 Å². The summed E-state index contributed by atoms with van der Waals surface area (Å²) in [4.78, 5) is 11.4. The fourth-order valence-corrected chi connectivity index (χ4v) is 1.21. The summed E-state index contributed by atoms with van der Waals surface area (Å²) in [7, 11) is 0. The van der Waals surface area contributed by atoms with E-state index in [1.165, 1.54) is 6.08 Å². The largest absolute Gasteiger partial charge is 0.295 e. The van der Waals surface area contributed by atoms with Gasteiger partial charge in [-0.15, -0.1) is 0 Å². The van der Waals surface area contributed by atoms with E-state index in [-0.39, 0.29) is 11.7 Å². The summed E-state index contributed by atoms with van der Waals surface area (Å²) in [5, 5.41) is 0.504. The molecule has 0 unspecified atom stereocenters. The normalized spacial score (nSPS) is 11.9. The van der Waals surface area contributed by atoms with Crippen LogP contribution in [0.25, 0.3) is 5.03 Å². The van der Waals surface area contributed by atoms with Crippen LogP contribution in [0.5, 0.6) is 0 Å². The van der Waals surface area contributed by atoms with Crippen LogP contribution >= 0.6 is 11.6 Å². The highest BCUT2D eigenvalue weighted by Crippen LogP contribution is 2.18. The first-order valence-electron chi connectivity index (χ1n) is 4.57. The van der Waals surface area contributed by atoms with E-state index in [1.807, 2.05) is 44.2 Å². The number of halogens is 1. The number of hydrogen-bond acceptors (Lipinski definition) is 1. The Balaban J connectivity index is 2.85. The third-order valence-corrected chi connectivity index (χ3v) is 2.21. The van der Waals surface area contributed by atoms with Crippen molar-refractivity contribution in [3.8, 4) is 0 Å². The van der Waals surface area contributed by atoms with Gasteiger partial charge in [0, 0.05) is 12.0 Å². The predicted octanol–water partition coefficient (Wildman–Crippen LogP) is 3.49. The Hall–Kier alpha value is -1.08. The lowest BCUT2D eigenvalue weighted by atomic mass is 10.1. The first-order valence-corrected chi connectivity index (χ1v) is 4.95. The second-order valence-electron chi connectivity index (χ2n) is 3.42. The number of allylic oxidation sites excluding steroid dienone is 1. The minimum Gasteiger partial charge on any atom is -0.295 e. The van der Waals surface area contributed by atoms with Gasteiger partial charge in [0.15, 0.2) is 5.78 Å². The lowest BCUT2D eigenvalue weighted by molar-refractivity contribution is -0.117. The lowest BCUT2D eigenvalue weighted by Gasteiger charge is -2.00. The molecular formula is C12H13ClO. The zero-order valence-corrected chi connectivity index (χ0v) is 9.08. The van der Waals surface area contributed by atoms with Crippen LogP contribution < -0.4 is 0 Å². The van der Waals surface area contributed by atoms with Crippen LogP contribution in [0, 0.1) is 5.92 Å². The van der Waals surface area contributed by atoms with E-state index >= 15 is 0 Å². The molecule has 0 heterocycles. The number of carbonyl (C=O) groups is 1. The molecule has 0 bridgehead atoms. The van der Waals surface area contributed by atoms with Gasteiger partial charge in [-0.25, -0.2) is 0 Å². The molecule has 1 rings (SSSR count). The molecule has 0 saturated carbocycles. The second-order valence-corrected chi connectivity index (χ2v) is 3.82. The maximum absolute atomic E-state index is 11.4. The first kappa shape index (κ1) is 11.0. The van der Waals surface area contributed by atoms with Crippen LogP contribution in [0.15, 0.2) is 36.4 Å². The van der Waals surface area contributed by atoms with Crippen LogP contribution in [0.2, 0.25) is 0 Å². The molecule has 0 fully saturated rings. The van der Waals surface area contributed by atoms with E-state index in [0.717, 1.165) is 5.56 Å². The van der Waals surface area contributed by atoms with Crippen LogP contribution in [-0.2, 0) is 4.79 Å². The number of ketones is 1. The standard InChI is InChI=1S/C12H13ClO/c1-9(2)12(14)8-11(13)10-6-4-3-5-7-10/h3-9H,1-2H3. The first-order chi connectivity index (χ1) is 6.61. The summed E-state index contributed by atoms with van der Waals surface area (Å²) in [5.41, 5.74) is 0.878. The molecule has 0 N–H and O–H groups in total. The van der Waals surface area contributed by atoms with Crippen molar-refractivity contribution in [3.05, 3.63) is 42.0 Å². The molecule has 0 aromatic heterocycles. The van der Waals surface area contributed by atoms with E-state index in [1.54, 1.807) is 0 Å². The summed E-state index contributed by atoms with van der Waals surface area (Å²) in [6.45, 7) is 3.71. The molecule has 0 spiro atoms. The van der Waals surface area contributed by atoms with E-state index in [9.17, 15) is 4.79 Å². The van der Waals surface area contributed by atoms with Gasteiger partial charge in [-0.3, -0.25) is 4.79 Å². The summed E-state index contributed by atoms with van der Waals surface area (Å²) >= 11 is 5.99. The van der Waals surface area contributed by atoms with Gasteiger partial charge in [0.25, 0.3) is 0 Å². The zero-order valence-electron chi connectivity index (χ0n) is 8.33. The Kier molecular flexibility index (Phi) is 3.90. The molecule has 0 aliphatic heterocycles. The van der Waals surface area contributed by atoms with E-state index < -0.39 is 0 Å². The van der Waals surface area contributed by atoms with Gasteiger partial charge >= 0.3 is 0 Å². The lowest BCUT2D eigenvalue weighted by Crippen LogP contribution is -2.02. The minimum atomic E-state index is -0.00698. The number of benzene rings is 1. The van der Waals surface area contributed by atoms with Gasteiger partial charge in [-0.05, 0) is 5.56 Å². The fourth-order valence-electron chi connectivity index (χ4n) is 0.972. The molecule has 2 heteroatoms. The molecule has 0 saturated heterocycles. The van der Waals surface area contributed by atoms with Gasteiger partial charge in [-0.2, -0.15) is 0 Å². The summed E-state index contributed by atoms with van der Waals surface area (Å²) in [6.07, 6.45) is 1.49. The van der Waals surface area contributed by atoms with E-state index in [0.29, 0.717) is 5.03 Å². The maximum Gasteiger partial charge on any atom is 0.159 e. The fraction of sp³-hybridized carbons (Fsp3) is 0.250. The SMILES string of the molecule is CC(C)C(=O)C=C(Cl)c1ccccc1. The van der Waals surface area contributed by atoms with Gasteiger partial charge in [0.05, 0.1) is 5.03 Å². The Bertz CT molecular complexity index is 339. The van der Waals surface area contributed by atoms with Crippen molar-refractivity contribution in [2.24, 2.45) is 5.92 Å². The third-order valence-electron chi connectivity index (χ3n) is 1.89. The van der Waals surface area contributed by atoms with Crippen LogP contribution in [-0.4, -0.2) is 5.78 Å². The second kappa shape index (κ2) is 4.97. The van der Waals surface area contributed by atoms with Crippen LogP contribution in [0.1, 0.15) is 19.4 Å². The summed E-state index contributed by atoms with van der Waals surface area (Å²) in [6, 6.07) is 9.47. The van der Waals surface area contributed by atoms with Gasteiger partial charge in [0.2, 0.25) is 0 Å². The van der Waals surface area contributed by atoms with Crippen molar-refractivity contribution in [1.29, 1.82) is 0 Å². The molecule has 0 aliphatic carbocycles. The van der Waals surface area contributed by atoms with Crippen molar-refractivity contribution >= 4 is 22.4 Å². The van der Waals surface area contributed by atoms with Crippen molar-refractivity contribution in [2.45, 2.75) is 13.8 Å². The Labute approximate surface area is 89.4 Å². The minimum absolute atomic E-state index is 0.00698. The molecular weight excluding hydrogens is 196 g/mol. The quantitative estimate of drug-likeness (QED) is 0.695. The molecule has 0 radical (unpaired) electrons. The molecule has 1 aromatic carbocycles. The molecule has 14 heavy (non-hydrogen) atoms. The highest BCUT2D eigenvalue weighted by molar-refractivity contribution is 6.50. The number of carbonyl (C=O) groups excluding carboxylic acids is 1. The zero-order chi connectivity index (χ0) is 10.6. The monoisotopic (exact) mass is 208 g/mol. The Morgan fingerprint density at radius 3 is 2.36 bits per heavy atom. The van der Waals surface area contributed by atoms with Crippen LogP contribution in [0.3, 0.4) is 0 Å². The molecule has 1 nitrogen and oxygen atoms in total. The van der Waals surface area contributed by atoms with Crippen molar-refractivity contribution < 1.29 is 4.79 Å². The van der Waals surface area contributed by atoms with Gasteiger partial charge < -0.3 is 0 Å². The highest BCUT2D eigenvalue weighted by Gasteiger charge is 2.05. The smallest absolute Gasteiger partial charge is 0.159 e. The Morgan fingerprint density at radius 2 is 1.86 bits per heavy atom. The maximum atomic E-state index is 11.4. The van der Waals surface area contributed by atoms with Crippen molar-refractivity contribution in [3.63, 3.8) is 0 Å². The van der Waals surface area contributed by atoms with Gasteiger partial charge in [0.1, 0.15) is 0 Å².